The molecule has 0 spiro atoms. The lowest BCUT2D eigenvalue weighted by atomic mass is 10.2. The topological polar surface area (TPSA) is 64.6 Å². The molecular formula is C23H19F2NO4. The van der Waals surface area contributed by atoms with Crippen molar-refractivity contribution in [2.75, 3.05) is 5.32 Å². The van der Waals surface area contributed by atoms with Crippen LogP contribution in [0, 0.1) is 11.6 Å². The summed E-state index contributed by atoms with van der Waals surface area (Å²) in [5.74, 6) is -3.39. The van der Waals surface area contributed by atoms with Crippen molar-refractivity contribution in [3.8, 4) is 5.75 Å². The number of ether oxygens (including phenoxy) is 2. The molecule has 1 amide bonds. The molecule has 1 N–H and O–H groups in total. The van der Waals surface area contributed by atoms with Crippen molar-refractivity contribution in [1.29, 1.82) is 0 Å². The van der Waals surface area contributed by atoms with Crippen molar-refractivity contribution in [3.05, 3.63) is 95.6 Å². The van der Waals surface area contributed by atoms with Crippen molar-refractivity contribution in [2.45, 2.75) is 19.6 Å². The van der Waals surface area contributed by atoms with Crippen molar-refractivity contribution in [2.24, 2.45) is 0 Å². The van der Waals surface area contributed by atoms with E-state index in [2.05, 4.69) is 5.32 Å². The number of hydrogen-bond acceptors (Lipinski definition) is 4. The third-order valence-electron chi connectivity index (χ3n) is 4.19. The number of nitrogens with one attached hydrogen (secondary N) is 1. The highest BCUT2D eigenvalue weighted by Crippen LogP contribution is 2.18. The van der Waals surface area contributed by atoms with E-state index in [0.717, 1.165) is 23.8 Å². The molecule has 0 saturated heterocycles. The monoisotopic (exact) mass is 411 g/mol. The number of esters is 1. The molecule has 0 aliphatic heterocycles. The molecule has 0 fully saturated rings. The van der Waals surface area contributed by atoms with Gasteiger partial charge in [0.1, 0.15) is 29.6 Å². The van der Waals surface area contributed by atoms with Gasteiger partial charge in [-0.2, -0.15) is 0 Å². The highest BCUT2D eigenvalue weighted by molar-refractivity contribution is 5.97. The van der Waals surface area contributed by atoms with E-state index in [9.17, 15) is 18.4 Å². The van der Waals surface area contributed by atoms with Gasteiger partial charge >= 0.3 is 5.97 Å². The van der Waals surface area contributed by atoms with E-state index in [1.807, 2.05) is 30.3 Å². The molecule has 154 valence electrons. The van der Waals surface area contributed by atoms with Gasteiger partial charge < -0.3 is 14.8 Å². The summed E-state index contributed by atoms with van der Waals surface area (Å²) in [7, 11) is 0. The number of anilines is 1. The van der Waals surface area contributed by atoms with Crippen LogP contribution in [0.2, 0.25) is 0 Å². The van der Waals surface area contributed by atoms with Crippen LogP contribution in [0.4, 0.5) is 14.5 Å². The second kappa shape index (κ2) is 9.65. The van der Waals surface area contributed by atoms with Crippen LogP contribution in [0.3, 0.4) is 0 Å². The fourth-order valence-corrected chi connectivity index (χ4v) is 2.59. The Morgan fingerprint density at radius 3 is 2.17 bits per heavy atom. The standard InChI is InChI=1S/C23H19F2NO4/c1-15(30-23(28)21-19(24)8-5-9-20(21)25)22(27)26-17-10-12-18(13-11-17)29-14-16-6-3-2-4-7-16/h2-13,15H,14H2,1H3,(H,26,27). The zero-order chi connectivity index (χ0) is 21.5. The highest BCUT2D eigenvalue weighted by Gasteiger charge is 2.24. The molecule has 3 aromatic carbocycles. The second-order valence-corrected chi connectivity index (χ2v) is 6.43. The summed E-state index contributed by atoms with van der Waals surface area (Å²) in [5, 5.41) is 2.57. The maximum atomic E-state index is 13.7. The molecule has 0 aromatic heterocycles. The second-order valence-electron chi connectivity index (χ2n) is 6.43. The first kappa shape index (κ1) is 21.0. The third-order valence-corrected chi connectivity index (χ3v) is 4.19. The van der Waals surface area contributed by atoms with Crippen LogP contribution in [-0.4, -0.2) is 18.0 Å². The Hall–Kier alpha value is -3.74. The normalized spacial score (nSPS) is 11.4. The number of rotatable bonds is 7. The number of hydrogen-bond donors (Lipinski definition) is 1. The van der Waals surface area contributed by atoms with E-state index in [4.69, 9.17) is 9.47 Å². The van der Waals surface area contributed by atoms with E-state index in [-0.39, 0.29) is 0 Å². The molecule has 0 saturated carbocycles. The van der Waals surface area contributed by atoms with Crippen LogP contribution in [0.1, 0.15) is 22.8 Å². The molecule has 7 heteroatoms. The predicted octanol–water partition coefficient (Wildman–Crippen LogP) is 4.73. The van der Waals surface area contributed by atoms with Gasteiger partial charge in [0.2, 0.25) is 0 Å². The van der Waals surface area contributed by atoms with E-state index >= 15 is 0 Å². The molecule has 0 aliphatic rings. The van der Waals surface area contributed by atoms with Gasteiger partial charge in [0.15, 0.2) is 6.10 Å². The number of benzene rings is 3. The minimum absolute atomic E-state index is 0.409. The molecule has 3 aromatic rings. The zero-order valence-corrected chi connectivity index (χ0v) is 16.1. The number of carbonyl (C=O) groups excluding carboxylic acids is 2. The fraction of sp³-hybridized carbons (Fsp3) is 0.130. The summed E-state index contributed by atoms with van der Waals surface area (Å²) >= 11 is 0. The fourth-order valence-electron chi connectivity index (χ4n) is 2.59. The first-order valence-corrected chi connectivity index (χ1v) is 9.16. The lowest BCUT2D eigenvalue weighted by molar-refractivity contribution is -0.123. The van der Waals surface area contributed by atoms with Gasteiger partial charge in [0.05, 0.1) is 0 Å². The molecule has 5 nitrogen and oxygen atoms in total. The Morgan fingerprint density at radius 1 is 0.900 bits per heavy atom. The maximum absolute atomic E-state index is 13.7. The average Bonchev–Trinajstić information content (AvgIpc) is 2.74. The van der Waals surface area contributed by atoms with Gasteiger partial charge in [-0.15, -0.1) is 0 Å². The lowest BCUT2D eigenvalue weighted by Gasteiger charge is -2.14. The van der Waals surface area contributed by atoms with Crippen molar-refractivity contribution >= 4 is 17.6 Å². The van der Waals surface area contributed by atoms with E-state index in [1.165, 1.54) is 6.92 Å². The molecule has 0 radical (unpaired) electrons. The Kier molecular flexibility index (Phi) is 6.75. The summed E-state index contributed by atoms with van der Waals surface area (Å²) in [6.45, 7) is 1.72. The molecule has 0 bridgehead atoms. The van der Waals surface area contributed by atoms with Crippen LogP contribution >= 0.6 is 0 Å². The molecule has 3 rings (SSSR count). The molecule has 30 heavy (non-hydrogen) atoms. The average molecular weight is 411 g/mol. The minimum atomic E-state index is -1.26. The molecule has 1 unspecified atom stereocenters. The van der Waals surface area contributed by atoms with Crippen LogP contribution in [0.15, 0.2) is 72.8 Å². The number of halogens is 2. The smallest absolute Gasteiger partial charge is 0.344 e. The Morgan fingerprint density at radius 2 is 1.53 bits per heavy atom. The Balaban J connectivity index is 1.54. The van der Waals surface area contributed by atoms with Crippen LogP contribution < -0.4 is 10.1 Å². The van der Waals surface area contributed by atoms with E-state index in [0.29, 0.717) is 18.0 Å². The molecular weight excluding hydrogens is 392 g/mol. The first-order chi connectivity index (χ1) is 14.4. The van der Waals surface area contributed by atoms with Gasteiger partial charge in [-0.3, -0.25) is 4.79 Å². The minimum Gasteiger partial charge on any atom is -0.489 e. The number of carbonyl (C=O) groups is 2. The summed E-state index contributed by atoms with van der Waals surface area (Å²) in [5.41, 5.74) is 0.640. The summed E-state index contributed by atoms with van der Waals surface area (Å²) < 4.78 is 37.9. The van der Waals surface area contributed by atoms with Gasteiger partial charge in [-0.05, 0) is 48.9 Å². The first-order valence-electron chi connectivity index (χ1n) is 9.16. The van der Waals surface area contributed by atoms with Crippen molar-refractivity contribution < 1.29 is 27.8 Å². The van der Waals surface area contributed by atoms with Crippen LogP contribution in [0.25, 0.3) is 0 Å². The maximum Gasteiger partial charge on any atom is 0.344 e. The van der Waals surface area contributed by atoms with Gasteiger partial charge in [-0.25, -0.2) is 13.6 Å². The summed E-state index contributed by atoms with van der Waals surface area (Å²) in [6, 6.07) is 19.3. The van der Waals surface area contributed by atoms with E-state index in [1.54, 1.807) is 24.3 Å². The molecule has 1 atom stereocenters. The molecule has 0 aliphatic carbocycles. The van der Waals surface area contributed by atoms with E-state index < -0.39 is 35.2 Å². The summed E-state index contributed by atoms with van der Waals surface area (Å²) in [6.07, 6.45) is -1.26. The van der Waals surface area contributed by atoms with Crippen molar-refractivity contribution in [1.82, 2.24) is 0 Å². The highest BCUT2D eigenvalue weighted by atomic mass is 19.1. The van der Waals surface area contributed by atoms with Crippen LogP contribution in [0.5, 0.6) is 5.75 Å². The SMILES string of the molecule is CC(OC(=O)c1c(F)cccc1F)C(=O)Nc1ccc(OCc2ccccc2)cc1. The molecule has 0 heterocycles. The van der Waals surface area contributed by atoms with Gasteiger partial charge in [0, 0.05) is 5.69 Å². The van der Waals surface area contributed by atoms with Crippen molar-refractivity contribution in [3.63, 3.8) is 0 Å². The quantitative estimate of drug-likeness (QED) is 0.571. The lowest BCUT2D eigenvalue weighted by Crippen LogP contribution is -2.30. The third kappa shape index (κ3) is 5.41. The zero-order valence-electron chi connectivity index (χ0n) is 16.1. The predicted molar refractivity (Wildman–Crippen MR) is 107 cm³/mol. The van der Waals surface area contributed by atoms with Gasteiger partial charge in [-0.1, -0.05) is 36.4 Å². The summed E-state index contributed by atoms with van der Waals surface area (Å²) in [4.78, 5) is 24.2. The number of amides is 1. The van der Waals surface area contributed by atoms with Crippen LogP contribution in [-0.2, 0) is 16.1 Å². The Labute approximate surface area is 172 Å². The largest absolute Gasteiger partial charge is 0.489 e. The van der Waals surface area contributed by atoms with Gasteiger partial charge in [0.25, 0.3) is 5.91 Å². The Bertz CT molecular complexity index is 1000.